The van der Waals surface area contributed by atoms with Crippen molar-refractivity contribution in [2.75, 3.05) is 11.9 Å². The lowest BCUT2D eigenvalue weighted by atomic mass is 9.95. The maximum Gasteiger partial charge on any atom is 0.238 e. The second kappa shape index (κ2) is 9.76. The van der Waals surface area contributed by atoms with Crippen molar-refractivity contribution >= 4 is 22.9 Å². The summed E-state index contributed by atoms with van der Waals surface area (Å²) < 4.78 is 27.5. The molecule has 1 aromatic heterocycles. The monoisotopic (exact) mass is 414 g/mol. The van der Waals surface area contributed by atoms with Crippen LogP contribution in [0.1, 0.15) is 48.2 Å². The second-order valence-corrected chi connectivity index (χ2v) is 7.93. The van der Waals surface area contributed by atoms with E-state index in [1.54, 1.807) is 11.3 Å². The minimum Gasteiger partial charge on any atom is -0.320 e. The van der Waals surface area contributed by atoms with Gasteiger partial charge in [0, 0.05) is 4.88 Å². The zero-order chi connectivity index (χ0) is 20.8. The SMILES string of the molecule is CC[C@H](C)c1ccc([C@H](NCC(=O)Nc2c(F)cccc2F)c2cccs2)cc1. The second-order valence-electron chi connectivity index (χ2n) is 6.95. The van der Waals surface area contributed by atoms with Gasteiger partial charge in [-0.05, 0) is 47.0 Å². The molecule has 0 aliphatic heterocycles. The van der Waals surface area contributed by atoms with Crippen molar-refractivity contribution in [3.8, 4) is 0 Å². The van der Waals surface area contributed by atoms with Gasteiger partial charge in [0.05, 0.1) is 12.6 Å². The predicted octanol–water partition coefficient (Wildman–Crippen LogP) is 5.86. The molecule has 2 atom stereocenters. The molecule has 0 saturated carbocycles. The van der Waals surface area contributed by atoms with E-state index >= 15 is 0 Å². The summed E-state index contributed by atoms with van der Waals surface area (Å²) in [5.41, 5.74) is 1.88. The van der Waals surface area contributed by atoms with Crippen molar-refractivity contribution in [3.05, 3.63) is 87.6 Å². The van der Waals surface area contributed by atoms with Gasteiger partial charge in [-0.25, -0.2) is 8.78 Å². The Morgan fingerprint density at radius 2 is 1.66 bits per heavy atom. The number of carbonyl (C=O) groups excluding carboxylic acids is 1. The zero-order valence-electron chi connectivity index (χ0n) is 16.4. The first-order chi connectivity index (χ1) is 14.0. The number of rotatable bonds is 8. The van der Waals surface area contributed by atoms with Gasteiger partial charge in [0.1, 0.15) is 17.3 Å². The summed E-state index contributed by atoms with van der Waals surface area (Å²) in [6.45, 7) is 4.27. The summed E-state index contributed by atoms with van der Waals surface area (Å²) >= 11 is 1.59. The van der Waals surface area contributed by atoms with Crippen LogP contribution < -0.4 is 10.6 Å². The molecule has 0 aliphatic rings. The van der Waals surface area contributed by atoms with Crippen LogP contribution in [0.15, 0.2) is 60.0 Å². The maximum absolute atomic E-state index is 13.8. The number of hydrogen-bond acceptors (Lipinski definition) is 3. The molecule has 0 aliphatic carbocycles. The van der Waals surface area contributed by atoms with E-state index in [2.05, 4.69) is 48.7 Å². The molecule has 0 unspecified atom stereocenters. The average Bonchev–Trinajstić information content (AvgIpc) is 3.25. The lowest BCUT2D eigenvalue weighted by Gasteiger charge is -2.19. The van der Waals surface area contributed by atoms with Gasteiger partial charge in [0.25, 0.3) is 0 Å². The van der Waals surface area contributed by atoms with Crippen LogP contribution in [0.25, 0.3) is 0 Å². The Morgan fingerprint density at radius 3 is 2.24 bits per heavy atom. The molecule has 1 heterocycles. The van der Waals surface area contributed by atoms with Crippen LogP contribution >= 0.6 is 11.3 Å². The van der Waals surface area contributed by atoms with Crippen LogP contribution in [0.2, 0.25) is 0 Å². The summed E-state index contributed by atoms with van der Waals surface area (Å²) in [6, 6.07) is 15.6. The number of benzene rings is 2. The van der Waals surface area contributed by atoms with Gasteiger partial charge in [-0.2, -0.15) is 0 Å². The van der Waals surface area contributed by atoms with E-state index in [-0.39, 0.29) is 12.6 Å². The van der Waals surface area contributed by atoms with E-state index in [1.165, 1.54) is 11.6 Å². The first-order valence-corrected chi connectivity index (χ1v) is 10.5. The third-order valence-electron chi connectivity index (χ3n) is 4.97. The summed E-state index contributed by atoms with van der Waals surface area (Å²) in [6.07, 6.45) is 1.07. The van der Waals surface area contributed by atoms with Crippen LogP contribution in [-0.4, -0.2) is 12.5 Å². The van der Waals surface area contributed by atoms with Crippen molar-refractivity contribution in [1.82, 2.24) is 5.32 Å². The fourth-order valence-electron chi connectivity index (χ4n) is 3.09. The Hall–Kier alpha value is -2.57. The molecule has 2 N–H and O–H groups in total. The van der Waals surface area contributed by atoms with Crippen molar-refractivity contribution in [2.45, 2.75) is 32.2 Å². The predicted molar refractivity (Wildman–Crippen MR) is 114 cm³/mol. The standard InChI is InChI=1S/C23H24F2N2OS/c1-3-15(2)16-9-11-17(12-10-16)22(20-8-5-13-29-20)26-14-21(28)27-23-18(24)6-4-7-19(23)25/h4-13,15,22,26H,3,14H2,1-2H3,(H,27,28)/t15-,22-/m0/s1. The van der Waals surface area contributed by atoms with E-state index in [4.69, 9.17) is 0 Å². The average molecular weight is 415 g/mol. The van der Waals surface area contributed by atoms with Crippen LogP contribution in [0.3, 0.4) is 0 Å². The number of thiophene rings is 1. The molecule has 6 heteroatoms. The van der Waals surface area contributed by atoms with Gasteiger partial charge in [0.2, 0.25) is 5.91 Å². The molecule has 0 radical (unpaired) electrons. The van der Waals surface area contributed by atoms with Crippen LogP contribution in [0.4, 0.5) is 14.5 Å². The number of nitrogens with one attached hydrogen (secondary N) is 2. The molecular weight excluding hydrogens is 390 g/mol. The van der Waals surface area contributed by atoms with Gasteiger partial charge in [0.15, 0.2) is 0 Å². The molecule has 3 aromatic rings. The molecular formula is C23H24F2N2OS. The fraction of sp³-hybridized carbons (Fsp3) is 0.261. The van der Waals surface area contributed by atoms with Gasteiger partial charge in [-0.15, -0.1) is 11.3 Å². The van der Waals surface area contributed by atoms with Crippen molar-refractivity contribution in [2.24, 2.45) is 0 Å². The highest BCUT2D eigenvalue weighted by atomic mass is 32.1. The minimum absolute atomic E-state index is 0.0799. The minimum atomic E-state index is -0.797. The Balaban J connectivity index is 1.73. The van der Waals surface area contributed by atoms with Gasteiger partial charge in [-0.3, -0.25) is 10.1 Å². The number of anilines is 1. The van der Waals surface area contributed by atoms with Crippen LogP contribution in [0.5, 0.6) is 0 Å². The van der Waals surface area contributed by atoms with Crippen molar-refractivity contribution < 1.29 is 13.6 Å². The van der Waals surface area contributed by atoms with Gasteiger partial charge >= 0.3 is 0 Å². The summed E-state index contributed by atoms with van der Waals surface area (Å²) in [4.78, 5) is 13.4. The highest BCUT2D eigenvalue weighted by Crippen LogP contribution is 2.28. The lowest BCUT2D eigenvalue weighted by molar-refractivity contribution is -0.115. The normalized spacial score (nSPS) is 13.1. The number of carbonyl (C=O) groups is 1. The highest BCUT2D eigenvalue weighted by molar-refractivity contribution is 7.10. The fourth-order valence-corrected chi connectivity index (χ4v) is 3.91. The Kier molecular flexibility index (Phi) is 7.12. The smallest absolute Gasteiger partial charge is 0.238 e. The van der Waals surface area contributed by atoms with Crippen molar-refractivity contribution in [1.29, 1.82) is 0 Å². The number of hydrogen-bond donors (Lipinski definition) is 2. The van der Waals surface area contributed by atoms with Crippen molar-refractivity contribution in [3.63, 3.8) is 0 Å². The summed E-state index contributed by atoms with van der Waals surface area (Å²) in [7, 11) is 0. The molecule has 3 nitrogen and oxygen atoms in total. The molecule has 152 valence electrons. The molecule has 3 rings (SSSR count). The molecule has 2 aromatic carbocycles. The first-order valence-electron chi connectivity index (χ1n) is 9.60. The van der Waals surface area contributed by atoms with E-state index < -0.39 is 23.2 Å². The van der Waals surface area contributed by atoms with Crippen LogP contribution in [0, 0.1) is 11.6 Å². The largest absolute Gasteiger partial charge is 0.320 e. The highest BCUT2D eigenvalue weighted by Gasteiger charge is 2.18. The zero-order valence-corrected chi connectivity index (χ0v) is 17.2. The van der Waals surface area contributed by atoms with Gasteiger partial charge in [-0.1, -0.05) is 50.2 Å². The van der Waals surface area contributed by atoms with Crippen LogP contribution in [-0.2, 0) is 4.79 Å². The number of para-hydroxylation sites is 1. The van der Waals surface area contributed by atoms with Gasteiger partial charge < -0.3 is 5.32 Å². The molecule has 0 bridgehead atoms. The Bertz CT molecular complexity index is 922. The molecule has 0 spiro atoms. The van der Waals surface area contributed by atoms with E-state index in [9.17, 15) is 13.6 Å². The molecule has 0 fully saturated rings. The third-order valence-corrected chi connectivity index (χ3v) is 5.91. The summed E-state index contributed by atoms with van der Waals surface area (Å²) in [5.74, 6) is -1.62. The lowest BCUT2D eigenvalue weighted by Crippen LogP contribution is -2.32. The molecule has 0 saturated heterocycles. The summed E-state index contributed by atoms with van der Waals surface area (Å²) in [5, 5.41) is 7.51. The number of halogens is 2. The topological polar surface area (TPSA) is 41.1 Å². The third kappa shape index (κ3) is 5.28. The molecule has 29 heavy (non-hydrogen) atoms. The maximum atomic E-state index is 13.8. The quantitative estimate of drug-likeness (QED) is 0.485. The van der Waals surface area contributed by atoms with E-state index in [0.717, 1.165) is 29.0 Å². The Labute approximate surface area is 173 Å². The van der Waals surface area contributed by atoms with E-state index in [0.29, 0.717) is 5.92 Å². The number of amides is 1. The molecule has 1 amide bonds. The van der Waals surface area contributed by atoms with E-state index in [1.807, 2.05) is 17.5 Å². The first kappa shape index (κ1) is 21.1. The Morgan fingerprint density at radius 1 is 1.00 bits per heavy atom.